The van der Waals surface area contributed by atoms with E-state index in [4.69, 9.17) is 0 Å². The minimum absolute atomic E-state index is 0.109. The quantitative estimate of drug-likeness (QED) is 0.755. The molecule has 0 saturated carbocycles. The maximum absolute atomic E-state index is 12.0. The summed E-state index contributed by atoms with van der Waals surface area (Å²) in [5.41, 5.74) is 0.716. The van der Waals surface area contributed by atoms with Crippen molar-refractivity contribution in [1.82, 2.24) is 5.32 Å². The summed E-state index contributed by atoms with van der Waals surface area (Å²) in [6.45, 7) is 0. The zero-order valence-electron chi connectivity index (χ0n) is 10.7. The molecule has 21 heavy (non-hydrogen) atoms. The van der Waals surface area contributed by atoms with E-state index in [1.54, 1.807) is 24.3 Å². The van der Waals surface area contributed by atoms with Crippen molar-refractivity contribution in [3.63, 3.8) is 0 Å². The summed E-state index contributed by atoms with van der Waals surface area (Å²) >= 11 is 4.49. The number of carbonyl (C=O) groups is 2. The number of aliphatic carboxylic acids is 1. The summed E-state index contributed by atoms with van der Waals surface area (Å²) in [5, 5.41) is 20.9. The molecule has 1 atom stereocenters. The van der Waals surface area contributed by atoms with Crippen LogP contribution in [-0.4, -0.2) is 28.1 Å². The van der Waals surface area contributed by atoms with Crippen LogP contribution in [0.15, 0.2) is 40.2 Å². The molecule has 110 valence electrons. The average molecular weight is 370 g/mol. The number of nitrogens with one attached hydrogen (secondary N) is 1. The van der Waals surface area contributed by atoms with Gasteiger partial charge in [0.05, 0.1) is 8.66 Å². The van der Waals surface area contributed by atoms with Crippen molar-refractivity contribution >= 4 is 39.1 Å². The average Bonchev–Trinajstić information content (AvgIpc) is 2.87. The number of hydrogen-bond donors (Lipinski definition) is 3. The molecule has 2 aromatic rings. The fourth-order valence-electron chi connectivity index (χ4n) is 1.73. The molecule has 0 spiro atoms. The van der Waals surface area contributed by atoms with Crippen LogP contribution in [0.3, 0.4) is 0 Å². The number of amides is 1. The van der Waals surface area contributed by atoms with E-state index in [0.29, 0.717) is 10.4 Å². The van der Waals surface area contributed by atoms with E-state index < -0.39 is 17.9 Å². The molecule has 0 saturated heterocycles. The zero-order chi connectivity index (χ0) is 15.4. The van der Waals surface area contributed by atoms with Crippen molar-refractivity contribution < 1.29 is 19.8 Å². The number of hydrogen-bond acceptors (Lipinski definition) is 4. The summed E-state index contributed by atoms with van der Waals surface area (Å²) in [6.07, 6.45) is 0.147. The van der Waals surface area contributed by atoms with Gasteiger partial charge in [-0.1, -0.05) is 12.1 Å². The highest BCUT2D eigenvalue weighted by Crippen LogP contribution is 2.22. The third-order valence-electron chi connectivity index (χ3n) is 2.78. The smallest absolute Gasteiger partial charge is 0.326 e. The van der Waals surface area contributed by atoms with Gasteiger partial charge in [0.15, 0.2) is 0 Å². The lowest BCUT2D eigenvalue weighted by Gasteiger charge is -2.14. The highest BCUT2D eigenvalue weighted by Gasteiger charge is 2.21. The molecule has 0 radical (unpaired) electrons. The number of thiophene rings is 1. The van der Waals surface area contributed by atoms with Gasteiger partial charge in [-0.3, -0.25) is 4.79 Å². The molecule has 1 aromatic heterocycles. The van der Waals surface area contributed by atoms with Crippen LogP contribution >= 0.6 is 27.3 Å². The Hall–Kier alpha value is -1.86. The Morgan fingerprint density at radius 3 is 2.38 bits per heavy atom. The Labute approximate surface area is 133 Å². The molecule has 2 rings (SSSR count). The molecule has 7 heteroatoms. The molecule has 0 fully saturated rings. The van der Waals surface area contributed by atoms with Crippen molar-refractivity contribution in [2.75, 3.05) is 0 Å². The minimum Gasteiger partial charge on any atom is -0.508 e. The molecule has 0 aliphatic heterocycles. The van der Waals surface area contributed by atoms with Gasteiger partial charge in [0.1, 0.15) is 11.8 Å². The van der Waals surface area contributed by atoms with Gasteiger partial charge in [-0.15, -0.1) is 11.3 Å². The second-order valence-corrected chi connectivity index (χ2v) is 6.80. The summed E-state index contributed by atoms with van der Waals surface area (Å²) in [4.78, 5) is 23.7. The third kappa shape index (κ3) is 4.30. The molecule has 0 aliphatic carbocycles. The predicted octanol–water partition coefficient (Wildman–Crippen LogP) is 2.64. The van der Waals surface area contributed by atoms with Gasteiger partial charge in [-0.25, -0.2) is 4.79 Å². The first-order valence-corrected chi connectivity index (χ1v) is 7.63. The lowest BCUT2D eigenvalue weighted by Crippen LogP contribution is -2.42. The number of aromatic hydroxyl groups is 1. The topological polar surface area (TPSA) is 86.6 Å². The molecule has 1 heterocycles. The number of halogens is 1. The maximum atomic E-state index is 12.0. The Bertz CT molecular complexity index is 653. The fraction of sp³-hybridized carbons (Fsp3) is 0.143. The summed E-state index contributed by atoms with van der Waals surface area (Å²) in [6, 6.07) is 8.54. The third-order valence-corrected chi connectivity index (χ3v) is 4.40. The van der Waals surface area contributed by atoms with Crippen molar-refractivity contribution in [3.05, 3.63) is 50.6 Å². The summed E-state index contributed by atoms with van der Waals surface area (Å²) < 4.78 is 0.804. The van der Waals surface area contributed by atoms with E-state index in [0.717, 1.165) is 3.79 Å². The van der Waals surface area contributed by atoms with E-state index in [1.165, 1.54) is 23.5 Å². The van der Waals surface area contributed by atoms with Gasteiger partial charge in [0.2, 0.25) is 0 Å². The van der Waals surface area contributed by atoms with Gasteiger partial charge >= 0.3 is 5.97 Å². The number of carboxylic acid groups (broad SMARTS) is 1. The Balaban J connectivity index is 2.07. The Kier molecular flexibility index (Phi) is 4.98. The maximum Gasteiger partial charge on any atom is 0.326 e. The fourth-order valence-corrected chi connectivity index (χ4v) is 3.02. The largest absolute Gasteiger partial charge is 0.508 e. The highest BCUT2D eigenvalue weighted by atomic mass is 79.9. The first-order valence-electron chi connectivity index (χ1n) is 6.02. The summed E-state index contributed by atoms with van der Waals surface area (Å²) in [5.74, 6) is -1.41. The molecule has 1 amide bonds. The van der Waals surface area contributed by atoms with Crippen LogP contribution in [0.1, 0.15) is 15.2 Å². The molecular weight excluding hydrogens is 358 g/mol. The minimum atomic E-state index is -1.10. The first kappa shape index (κ1) is 15.5. The standard InChI is InChI=1S/C14H12BrNO4S/c15-12-6-5-11(21-12)13(18)16-10(14(19)20)7-8-1-3-9(17)4-2-8/h1-6,10,17H,7H2,(H,16,18)(H,19,20)/t10-/m0/s1. The van der Waals surface area contributed by atoms with Crippen LogP contribution in [0, 0.1) is 0 Å². The normalized spacial score (nSPS) is 11.9. The van der Waals surface area contributed by atoms with E-state index in [9.17, 15) is 19.8 Å². The van der Waals surface area contributed by atoms with Gasteiger partial charge < -0.3 is 15.5 Å². The van der Waals surface area contributed by atoms with E-state index in [1.807, 2.05) is 0 Å². The molecule has 5 nitrogen and oxygen atoms in total. The van der Waals surface area contributed by atoms with Crippen LogP contribution in [0.4, 0.5) is 0 Å². The highest BCUT2D eigenvalue weighted by molar-refractivity contribution is 9.11. The molecule has 1 aromatic carbocycles. The van der Waals surface area contributed by atoms with Gasteiger partial charge in [0.25, 0.3) is 5.91 Å². The van der Waals surface area contributed by atoms with E-state index in [-0.39, 0.29) is 12.2 Å². The number of carbonyl (C=O) groups excluding carboxylic acids is 1. The van der Waals surface area contributed by atoms with Crippen molar-refractivity contribution in [1.29, 1.82) is 0 Å². The number of phenols is 1. The van der Waals surface area contributed by atoms with Crippen LogP contribution in [0.25, 0.3) is 0 Å². The molecular formula is C14H12BrNO4S. The van der Waals surface area contributed by atoms with Crippen molar-refractivity contribution in [2.24, 2.45) is 0 Å². The van der Waals surface area contributed by atoms with E-state index in [2.05, 4.69) is 21.2 Å². The molecule has 0 bridgehead atoms. The molecule has 0 aliphatic rings. The SMILES string of the molecule is O=C(N[C@@H](Cc1ccc(O)cc1)C(=O)O)c1ccc(Br)s1. The number of carboxylic acids is 1. The predicted molar refractivity (Wildman–Crippen MR) is 82.7 cm³/mol. The second kappa shape index (κ2) is 6.73. The second-order valence-electron chi connectivity index (χ2n) is 4.34. The van der Waals surface area contributed by atoms with Crippen molar-refractivity contribution in [3.8, 4) is 5.75 Å². The van der Waals surface area contributed by atoms with Crippen molar-refractivity contribution in [2.45, 2.75) is 12.5 Å². The Morgan fingerprint density at radius 2 is 1.86 bits per heavy atom. The van der Waals surface area contributed by atoms with E-state index >= 15 is 0 Å². The lowest BCUT2D eigenvalue weighted by atomic mass is 10.1. The van der Waals surface area contributed by atoms with Crippen LogP contribution < -0.4 is 5.32 Å². The molecule has 0 unspecified atom stereocenters. The lowest BCUT2D eigenvalue weighted by molar-refractivity contribution is -0.139. The summed E-state index contributed by atoms with van der Waals surface area (Å²) in [7, 11) is 0. The number of benzene rings is 1. The zero-order valence-corrected chi connectivity index (χ0v) is 13.1. The monoisotopic (exact) mass is 369 g/mol. The first-order chi connectivity index (χ1) is 9.95. The number of phenolic OH excluding ortho intramolecular Hbond substituents is 1. The number of rotatable bonds is 5. The molecule has 3 N–H and O–H groups in total. The van der Waals surface area contributed by atoms with Crippen LogP contribution in [0.5, 0.6) is 5.75 Å². The Morgan fingerprint density at radius 1 is 1.19 bits per heavy atom. The van der Waals surface area contributed by atoms with Gasteiger partial charge in [-0.2, -0.15) is 0 Å². The van der Waals surface area contributed by atoms with Gasteiger partial charge in [-0.05, 0) is 45.8 Å². The van der Waals surface area contributed by atoms with Gasteiger partial charge in [0, 0.05) is 6.42 Å². The van der Waals surface area contributed by atoms with Crippen LogP contribution in [-0.2, 0) is 11.2 Å². The van der Waals surface area contributed by atoms with Crippen LogP contribution in [0.2, 0.25) is 0 Å².